The molecule has 5 nitrogen and oxygen atoms in total. The fourth-order valence-electron chi connectivity index (χ4n) is 1.53. The van der Waals surface area contributed by atoms with Crippen molar-refractivity contribution in [2.45, 2.75) is 0 Å². The molecule has 0 saturated heterocycles. The fourth-order valence-corrected chi connectivity index (χ4v) is 1.53. The summed E-state index contributed by atoms with van der Waals surface area (Å²) < 4.78 is 10.0. The number of halogens is 1. The number of nitrogens with two attached hydrogens (primary N) is 1. The summed E-state index contributed by atoms with van der Waals surface area (Å²) in [6.07, 6.45) is 0. The standard InChI is InChI=1S/C13H20N2O3.ClH/c1-17-9-7-15(8-10-18-2)13(16)11-3-5-12(14)6-4-11;/h3-6H,7-10,14H2,1-2H3;1H. The van der Waals surface area contributed by atoms with E-state index in [-0.39, 0.29) is 18.3 Å². The summed E-state index contributed by atoms with van der Waals surface area (Å²) in [5.41, 5.74) is 6.87. The monoisotopic (exact) mass is 288 g/mol. The molecule has 2 N–H and O–H groups in total. The Balaban J connectivity index is 0.00000324. The van der Waals surface area contributed by atoms with Gasteiger partial charge in [-0.2, -0.15) is 0 Å². The van der Waals surface area contributed by atoms with Gasteiger partial charge in [0, 0.05) is 38.6 Å². The van der Waals surface area contributed by atoms with Crippen LogP contribution in [0.25, 0.3) is 0 Å². The van der Waals surface area contributed by atoms with Gasteiger partial charge < -0.3 is 20.1 Å². The summed E-state index contributed by atoms with van der Waals surface area (Å²) >= 11 is 0. The van der Waals surface area contributed by atoms with Crippen LogP contribution in [0.4, 0.5) is 5.69 Å². The Morgan fingerprint density at radius 2 is 1.58 bits per heavy atom. The summed E-state index contributed by atoms with van der Waals surface area (Å²) in [5.74, 6) is -0.0379. The van der Waals surface area contributed by atoms with E-state index in [1.54, 1.807) is 43.4 Å². The molecular weight excluding hydrogens is 268 g/mol. The molecule has 0 saturated carbocycles. The molecule has 0 radical (unpaired) electrons. The van der Waals surface area contributed by atoms with Crippen molar-refractivity contribution in [3.05, 3.63) is 29.8 Å². The molecule has 0 aromatic heterocycles. The van der Waals surface area contributed by atoms with Crippen LogP contribution in [-0.4, -0.2) is 51.3 Å². The predicted molar refractivity (Wildman–Crippen MR) is 77.8 cm³/mol. The highest BCUT2D eigenvalue weighted by atomic mass is 35.5. The highest BCUT2D eigenvalue weighted by molar-refractivity contribution is 5.94. The predicted octanol–water partition coefficient (Wildman–Crippen LogP) is 1.43. The lowest BCUT2D eigenvalue weighted by Crippen LogP contribution is -2.36. The molecule has 0 bridgehead atoms. The summed E-state index contributed by atoms with van der Waals surface area (Å²) in [6.45, 7) is 2.10. The van der Waals surface area contributed by atoms with Gasteiger partial charge in [0.1, 0.15) is 0 Å². The minimum absolute atomic E-state index is 0. The first kappa shape index (κ1) is 17.7. The Morgan fingerprint density at radius 3 is 2.00 bits per heavy atom. The molecule has 1 amide bonds. The third-order valence-corrected chi connectivity index (χ3v) is 2.58. The van der Waals surface area contributed by atoms with Crippen molar-refractivity contribution >= 4 is 24.0 Å². The van der Waals surface area contributed by atoms with Crippen LogP contribution < -0.4 is 5.73 Å². The Labute approximate surface area is 120 Å². The number of amides is 1. The maximum atomic E-state index is 12.2. The molecule has 0 aliphatic rings. The second-order valence-corrected chi connectivity index (χ2v) is 3.90. The lowest BCUT2D eigenvalue weighted by molar-refractivity contribution is 0.0627. The molecule has 0 aliphatic heterocycles. The molecule has 0 heterocycles. The smallest absolute Gasteiger partial charge is 0.254 e. The first-order valence-corrected chi connectivity index (χ1v) is 5.81. The van der Waals surface area contributed by atoms with Crippen LogP contribution in [0.15, 0.2) is 24.3 Å². The van der Waals surface area contributed by atoms with Crippen molar-refractivity contribution < 1.29 is 14.3 Å². The highest BCUT2D eigenvalue weighted by Gasteiger charge is 2.14. The van der Waals surface area contributed by atoms with Crippen molar-refractivity contribution in [1.82, 2.24) is 4.90 Å². The van der Waals surface area contributed by atoms with E-state index in [1.807, 2.05) is 0 Å². The highest BCUT2D eigenvalue weighted by Crippen LogP contribution is 2.08. The van der Waals surface area contributed by atoms with Crippen molar-refractivity contribution in [3.63, 3.8) is 0 Å². The molecule has 0 spiro atoms. The molecule has 19 heavy (non-hydrogen) atoms. The van der Waals surface area contributed by atoms with Gasteiger partial charge in [0.2, 0.25) is 0 Å². The van der Waals surface area contributed by atoms with Gasteiger partial charge in [-0.05, 0) is 24.3 Å². The molecular formula is C13H21ClN2O3. The molecule has 108 valence electrons. The van der Waals surface area contributed by atoms with Crippen LogP contribution in [0.3, 0.4) is 0 Å². The van der Waals surface area contributed by atoms with Gasteiger partial charge in [-0.1, -0.05) is 0 Å². The van der Waals surface area contributed by atoms with E-state index in [4.69, 9.17) is 15.2 Å². The number of nitrogen functional groups attached to an aromatic ring is 1. The molecule has 0 unspecified atom stereocenters. The minimum Gasteiger partial charge on any atom is -0.399 e. The Morgan fingerprint density at radius 1 is 1.11 bits per heavy atom. The number of carbonyl (C=O) groups is 1. The molecule has 0 aliphatic carbocycles. The van der Waals surface area contributed by atoms with E-state index < -0.39 is 0 Å². The zero-order valence-corrected chi connectivity index (χ0v) is 12.1. The Hall–Kier alpha value is -1.30. The molecule has 6 heteroatoms. The quantitative estimate of drug-likeness (QED) is 0.771. The van der Waals surface area contributed by atoms with Crippen LogP contribution in [-0.2, 0) is 9.47 Å². The summed E-state index contributed by atoms with van der Waals surface area (Å²) in [7, 11) is 3.23. The number of nitrogens with zero attached hydrogens (tertiary/aromatic N) is 1. The van der Waals surface area contributed by atoms with Gasteiger partial charge in [0.15, 0.2) is 0 Å². The number of rotatable bonds is 7. The first-order valence-electron chi connectivity index (χ1n) is 5.81. The van der Waals surface area contributed by atoms with Gasteiger partial charge in [-0.15, -0.1) is 12.4 Å². The molecule has 1 rings (SSSR count). The topological polar surface area (TPSA) is 64.8 Å². The normalized spacial score (nSPS) is 9.79. The number of carbonyl (C=O) groups excluding carboxylic acids is 1. The maximum Gasteiger partial charge on any atom is 0.254 e. The zero-order valence-electron chi connectivity index (χ0n) is 11.3. The van der Waals surface area contributed by atoms with E-state index in [2.05, 4.69) is 0 Å². The molecule has 0 atom stereocenters. The average Bonchev–Trinajstić information content (AvgIpc) is 2.39. The first-order chi connectivity index (χ1) is 8.69. The zero-order chi connectivity index (χ0) is 13.4. The summed E-state index contributed by atoms with van der Waals surface area (Å²) in [4.78, 5) is 13.9. The van der Waals surface area contributed by atoms with Gasteiger partial charge in [-0.3, -0.25) is 4.79 Å². The molecule has 1 aromatic carbocycles. The average molecular weight is 289 g/mol. The third kappa shape index (κ3) is 5.92. The number of methoxy groups -OCH3 is 2. The van der Waals surface area contributed by atoms with Crippen LogP contribution in [0.2, 0.25) is 0 Å². The van der Waals surface area contributed by atoms with Gasteiger partial charge in [0.25, 0.3) is 5.91 Å². The summed E-state index contributed by atoms with van der Waals surface area (Å²) in [5, 5.41) is 0. The number of ether oxygens (including phenoxy) is 2. The number of benzene rings is 1. The lowest BCUT2D eigenvalue weighted by atomic mass is 10.2. The van der Waals surface area contributed by atoms with Crippen molar-refractivity contribution in [3.8, 4) is 0 Å². The van der Waals surface area contributed by atoms with Crippen LogP contribution in [0, 0.1) is 0 Å². The van der Waals surface area contributed by atoms with Crippen LogP contribution in [0.5, 0.6) is 0 Å². The van der Waals surface area contributed by atoms with Gasteiger partial charge in [-0.25, -0.2) is 0 Å². The number of anilines is 1. The van der Waals surface area contributed by atoms with E-state index in [0.717, 1.165) is 0 Å². The maximum absolute atomic E-state index is 12.2. The van der Waals surface area contributed by atoms with E-state index >= 15 is 0 Å². The second-order valence-electron chi connectivity index (χ2n) is 3.90. The lowest BCUT2D eigenvalue weighted by Gasteiger charge is -2.22. The van der Waals surface area contributed by atoms with Gasteiger partial charge in [0.05, 0.1) is 13.2 Å². The van der Waals surface area contributed by atoms with Crippen LogP contribution >= 0.6 is 12.4 Å². The van der Waals surface area contributed by atoms with Crippen LogP contribution in [0.1, 0.15) is 10.4 Å². The Kier molecular flexibility index (Phi) is 8.95. The van der Waals surface area contributed by atoms with E-state index in [0.29, 0.717) is 37.6 Å². The number of hydrogen-bond donors (Lipinski definition) is 1. The van der Waals surface area contributed by atoms with Crippen molar-refractivity contribution in [1.29, 1.82) is 0 Å². The van der Waals surface area contributed by atoms with Crippen molar-refractivity contribution in [2.24, 2.45) is 0 Å². The SMILES string of the molecule is COCCN(CCOC)C(=O)c1ccc(N)cc1.Cl. The summed E-state index contributed by atoms with van der Waals surface area (Å²) in [6, 6.07) is 6.89. The number of hydrogen-bond acceptors (Lipinski definition) is 4. The van der Waals surface area contributed by atoms with E-state index in [1.165, 1.54) is 0 Å². The van der Waals surface area contributed by atoms with E-state index in [9.17, 15) is 4.79 Å². The minimum atomic E-state index is -0.0379. The second kappa shape index (κ2) is 9.61. The fraction of sp³-hybridized carbons (Fsp3) is 0.462. The molecule has 0 fully saturated rings. The third-order valence-electron chi connectivity index (χ3n) is 2.58. The largest absolute Gasteiger partial charge is 0.399 e. The Bertz CT molecular complexity index is 363. The van der Waals surface area contributed by atoms with Gasteiger partial charge >= 0.3 is 0 Å². The molecule has 1 aromatic rings. The van der Waals surface area contributed by atoms with Crippen molar-refractivity contribution in [2.75, 3.05) is 46.3 Å².